The molecule has 0 amide bonds. The molecule has 1 aromatic carbocycles. The van der Waals surface area contributed by atoms with Crippen LogP contribution in [0.4, 0.5) is 0 Å². The smallest absolute Gasteiger partial charge is 0.0279 e. The molecule has 0 saturated carbocycles. The maximum atomic E-state index is 3.74. The van der Waals surface area contributed by atoms with Crippen molar-refractivity contribution in [3.05, 3.63) is 48.0 Å². The molecule has 0 atom stereocenters. The lowest BCUT2D eigenvalue weighted by molar-refractivity contribution is 0.618. The van der Waals surface area contributed by atoms with Crippen molar-refractivity contribution >= 4 is 0 Å². The van der Waals surface area contributed by atoms with Crippen LogP contribution in [-0.2, 0) is 6.42 Å². The molecular weight excluding hydrogens is 192 g/mol. The van der Waals surface area contributed by atoms with E-state index in [1.54, 1.807) is 0 Å². The van der Waals surface area contributed by atoms with Crippen LogP contribution in [0.3, 0.4) is 0 Å². The molecule has 0 nitrogen and oxygen atoms in total. The molecule has 0 saturated heterocycles. The zero-order chi connectivity index (χ0) is 11.6. The maximum absolute atomic E-state index is 3.74. The molecule has 0 radical (unpaired) electrons. The lowest BCUT2D eigenvalue weighted by Crippen LogP contribution is -1.87. The maximum Gasteiger partial charge on any atom is -0.0279 e. The third-order valence-corrected chi connectivity index (χ3v) is 2.96. The fourth-order valence-corrected chi connectivity index (χ4v) is 2.02. The molecule has 0 aliphatic rings. The van der Waals surface area contributed by atoms with Crippen molar-refractivity contribution in [2.75, 3.05) is 0 Å². The van der Waals surface area contributed by atoms with Gasteiger partial charge in [0.15, 0.2) is 0 Å². The second-order valence-electron chi connectivity index (χ2n) is 4.58. The van der Waals surface area contributed by atoms with Crippen LogP contribution in [0.2, 0.25) is 0 Å². The molecule has 0 unspecified atom stereocenters. The second-order valence-corrected chi connectivity index (χ2v) is 4.58. The normalized spacial score (nSPS) is 10.3. The van der Waals surface area contributed by atoms with Gasteiger partial charge in [0.1, 0.15) is 0 Å². The Labute approximate surface area is 100 Å². The summed E-state index contributed by atoms with van der Waals surface area (Å²) in [5.74, 6) is 0. The minimum Gasteiger partial charge on any atom is -0.103 e. The quantitative estimate of drug-likeness (QED) is 0.420. The van der Waals surface area contributed by atoms with E-state index in [2.05, 4.69) is 37.8 Å². The van der Waals surface area contributed by atoms with Gasteiger partial charge in [0.05, 0.1) is 0 Å². The minimum absolute atomic E-state index is 1.18. The number of benzene rings is 1. The van der Waals surface area contributed by atoms with Gasteiger partial charge in [-0.15, -0.1) is 6.58 Å². The Kier molecular flexibility index (Phi) is 6.64. The van der Waals surface area contributed by atoms with Crippen molar-refractivity contribution in [1.29, 1.82) is 0 Å². The molecule has 1 rings (SSSR count). The standard InChI is InChI=1S/C16H24/c1-3-4-5-6-7-8-9-12-16-13-10-11-15(2)14-16/h3,10-11,13-14H,1,4-9,12H2,2H3. The zero-order valence-corrected chi connectivity index (χ0v) is 10.5. The molecule has 16 heavy (non-hydrogen) atoms. The molecular formula is C16H24. The SMILES string of the molecule is C=CCCCCCCCc1cccc(C)c1. The van der Waals surface area contributed by atoms with Crippen LogP contribution in [0.1, 0.15) is 49.7 Å². The van der Waals surface area contributed by atoms with Crippen LogP contribution in [0.5, 0.6) is 0 Å². The molecule has 0 aliphatic carbocycles. The Morgan fingerprint density at radius 1 is 1.06 bits per heavy atom. The highest BCUT2D eigenvalue weighted by Crippen LogP contribution is 2.11. The van der Waals surface area contributed by atoms with Gasteiger partial charge in [0.25, 0.3) is 0 Å². The molecule has 1 aromatic rings. The van der Waals surface area contributed by atoms with Gasteiger partial charge in [-0.2, -0.15) is 0 Å². The lowest BCUT2D eigenvalue weighted by Gasteiger charge is -2.03. The first kappa shape index (κ1) is 13.0. The van der Waals surface area contributed by atoms with Gasteiger partial charge >= 0.3 is 0 Å². The molecule has 88 valence electrons. The van der Waals surface area contributed by atoms with Crippen LogP contribution in [0.15, 0.2) is 36.9 Å². The van der Waals surface area contributed by atoms with Crippen LogP contribution in [0, 0.1) is 6.92 Å². The van der Waals surface area contributed by atoms with Gasteiger partial charge in [-0.05, 0) is 38.2 Å². The zero-order valence-electron chi connectivity index (χ0n) is 10.5. The summed E-state index contributed by atoms with van der Waals surface area (Å²) in [5, 5.41) is 0. The van der Waals surface area contributed by atoms with E-state index < -0.39 is 0 Å². The molecule has 0 fully saturated rings. The van der Waals surface area contributed by atoms with Gasteiger partial charge in [0.2, 0.25) is 0 Å². The second kappa shape index (κ2) is 8.15. The number of hydrogen-bond acceptors (Lipinski definition) is 0. The first-order valence-corrected chi connectivity index (χ1v) is 6.49. The average Bonchev–Trinajstić information content (AvgIpc) is 2.28. The minimum atomic E-state index is 1.18. The van der Waals surface area contributed by atoms with Crippen molar-refractivity contribution in [1.82, 2.24) is 0 Å². The Bertz CT molecular complexity index is 299. The summed E-state index contributed by atoms with van der Waals surface area (Å²) < 4.78 is 0. The van der Waals surface area contributed by atoms with Crippen molar-refractivity contribution in [2.45, 2.75) is 51.9 Å². The molecule has 0 bridgehead atoms. The van der Waals surface area contributed by atoms with Crippen molar-refractivity contribution in [3.8, 4) is 0 Å². The number of hydrogen-bond donors (Lipinski definition) is 0. The summed E-state index contributed by atoms with van der Waals surface area (Å²) in [6.07, 6.45) is 11.2. The van der Waals surface area contributed by atoms with Crippen molar-refractivity contribution in [2.24, 2.45) is 0 Å². The van der Waals surface area contributed by atoms with Gasteiger partial charge in [-0.25, -0.2) is 0 Å². The van der Waals surface area contributed by atoms with Gasteiger partial charge < -0.3 is 0 Å². The average molecular weight is 216 g/mol. The molecule has 0 heteroatoms. The summed E-state index contributed by atoms with van der Waals surface area (Å²) in [6, 6.07) is 8.87. The first-order valence-electron chi connectivity index (χ1n) is 6.49. The predicted molar refractivity (Wildman–Crippen MR) is 72.8 cm³/mol. The summed E-state index contributed by atoms with van der Waals surface area (Å²) >= 11 is 0. The van der Waals surface area contributed by atoms with E-state index in [1.165, 1.54) is 56.1 Å². The van der Waals surface area contributed by atoms with Crippen LogP contribution >= 0.6 is 0 Å². The Morgan fingerprint density at radius 2 is 1.81 bits per heavy atom. The molecule has 0 aliphatic heterocycles. The Balaban J connectivity index is 2.05. The van der Waals surface area contributed by atoms with Gasteiger partial charge in [0, 0.05) is 0 Å². The third-order valence-electron chi connectivity index (χ3n) is 2.96. The monoisotopic (exact) mass is 216 g/mol. The number of unbranched alkanes of at least 4 members (excludes halogenated alkanes) is 5. The topological polar surface area (TPSA) is 0 Å². The van der Waals surface area contributed by atoms with E-state index in [1.807, 2.05) is 6.08 Å². The summed E-state index contributed by atoms with van der Waals surface area (Å²) in [6.45, 7) is 5.91. The third kappa shape index (κ3) is 5.75. The van der Waals surface area contributed by atoms with Crippen molar-refractivity contribution < 1.29 is 0 Å². The molecule has 0 spiro atoms. The molecule has 0 aromatic heterocycles. The highest BCUT2D eigenvalue weighted by molar-refractivity contribution is 5.22. The van der Waals surface area contributed by atoms with E-state index in [0.717, 1.165) is 0 Å². The fraction of sp³-hybridized carbons (Fsp3) is 0.500. The van der Waals surface area contributed by atoms with E-state index in [0.29, 0.717) is 0 Å². The summed E-state index contributed by atoms with van der Waals surface area (Å²) in [5.41, 5.74) is 2.87. The molecule has 0 N–H and O–H groups in total. The fourth-order valence-electron chi connectivity index (χ4n) is 2.02. The Hall–Kier alpha value is -1.04. The predicted octanol–water partition coefficient (Wildman–Crippen LogP) is 5.06. The summed E-state index contributed by atoms with van der Waals surface area (Å²) in [7, 11) is 0. The van der Waals surface area contributed by atoms with Crippen LogP contribution in [-0.4, -0.2) is 0 Å². The highest BCUT2D eigenvalue weighted by atomic mass is 14.0. The van der Waals surface area contributed by atoms with E-state index in [-0.39, 0.29) is 0 Å². The lowest BCUT2D eigenvalue weighted by atomic mass is 10.0. The first-order chi connectivity index (χ1) is 7.83. The molecule has 0 heterocycles. The number of aryl methyl sites for hydroxylation is 2. The highest BCUT2D eigenvalue weighted by Gasteiger charge is 1.94. The Morgan fingerprint density at radius 3 is 2.56 bits per heavy atom. The van der Waals surface area contributed by atoms with Gasteiger partial charge in [-0.1, -0.05) is 55.2 Å². The number of rotatable bonds is 8. The van der Waals surface area contributed by atoms with E-state index in [9.17, 15) is 0 Å². The van der Waals surface area contributed by atoms with Crippen molar-refractivity contribution in [3.63, 3.8) is 0 Å². The van der Waals surface area contributed by atoms with E-state index in [4.69, 9.17) is 0 Å². The van der Waals surface area contributed by atoms with E-state index >= 15 is 0 Å². The summed E-state index contributed by atoms with van der Waals surface area (Å²) in [4.78, 5) is 0. The largest absolute Gasteiger partial charge is 0.103 e. The number of allylic oxidation sites excluding steroid dienone is 1. The van der Waals surface area contributed by atoms with Crippen LogP contribution in [0.25, 0.3) is 0 Å². The van der Waals surface area contributed by atoms with Crippen LogP contribution < -0.4 is 0 Å². The van der Waals surface area contributed by atoms with Gasteiger partial charge in [-0.3, -0.25) is 0 Å².